The first-order valence-corrected chi connectivity index (χ1v) is 7.29. The third-order valence-electron chi connectivity index (χ3n) is 3.11. The summed E-state index contributed by atoms with van der Waals surface area (Å²) in [6.07, 6.45) is 6.91. The number of rotatable bonds is 4. The zero-order valence-corrected chi connectivity index (χ0v) is 9.59. The van der Waals surface area contributed by atoms with Crippen LogP contribution in [-0.2, 0) is 9.84 Å². The SMILES string of the molecule is CS(=O)(=O)C1CCCC(CCCO)C1. The summed E-state index contributed by atoms with van der Waals surface area (Å²) in [4.78, 5) is 0. The van der Waals surface area contributed by atoms with Crippen molar-refractivity contribution in [3.05, 3.63) is 0 Å². The van der Waals surface area contributed by atoms with E-state index in [1.807, 2.05) is 0 Å². The van der Waals surface area contributed by atoms with E-state index in [1.54, 1.807) is 0 Å². The molecular formula is C10H20O3S. The second-order valence-corrected chi connectivity index (χ2v) is 6.68. The van der Waals surface area contributed by atoms with Gasteiger partial charge in [0.1, 0.15) is 9.84 Å². The maximum atomic E-state index is 11.4. The molecule has 1 fully saturated rings. The van der Waals surface area contributed by atoms with Crippen molar-refractivity contribution >= 4 is 9.84 Å². The molecule has 0 heterocycles. The molecule has 3 nitrogen and oxygen atoms in total. The average molecular weight is 220 g/mol. The molecule has 14 heavy (non-hydrogen) atoms. The van der Waals surface area contributed by atoms with E-state index in [1.165, 1.54) is 6.26 Å². The zero-order valence-electron chi connectivity index (χ0n) is 8.78. The summed E-state index contributed by atoms with van der Waals surface area (Å²) in [5.74, 6) is 0.510. The Balaban J connectivity index is 2.44. The van der Waals surface area contributed by atoms with Crippen LogP contribution in [-0.4, -0.2) is 31.6 Å². The van der Waals surface area contributed by atoms with Crippen LogP contribution in [0.2, 0.25) is 0 Å². The van der Waals surface area contributed by atoms with Gasteiger partial charge in [-0.05, 0) is 31.6 Å². The molecule has 84 valence electrons. The lowest BCUT2D eigenvalue weighted by molar-refractivity contribution is 0.254. The van der Waals surface area contributed by atoms with Gasteiger partial charge in [0.2, 0.25) is 0 Å². The molecular weight excluding hydrogens is 200 g/mol. The molecule has 0 spiro atoms. The van der Waals surface area contributed by atoms with Gasteiger partial charge in [-0.1, -0.05) is 12.8 Å². The monoisotopic (exact) mass is 220 g/mol. The molecule has 1 aliphatic carbocycles. The van der Waals surface area contributed by atoms with Crippen molar-refractivity contribution in [1.29, 1.82) is 0 Å². The summed E-state index contributed by atoms with van der Waals surface area (Å²) in [5, 5.41) is 8.58. The van der Waals surface area contributed by atoms with E-state index in [0.29, 0.717) is 5.92 Å². The Labute approximate surface area is 86.4 Å². The van der Waals surface area contributed by atoms with Crippen LogP contribution < -0.4 is 0 Å². The fraction of sp³-hybridized carbons (Fsp3) is 1.00. The molecule has 0 bridgehead atoms. The number of hydrogen-bond donors (Lipinski definition) is 1. The fourth-order valence-electron chi connectivity index (χ4n) is 2.27. The topological polar surface area (TPSA) is 54.4 Å². The Morgan fingerprint density at radius 1 is 1.36 bits per heavy atom. The van der Waals surface area contributed by atoms with Crippen LogP contribution in [0.25, 0.3) is 0 Å². The molecule has 0 aromatic heterocycles. The number of sulfone groups is 1. The van der Waals surface area contributed by atoms with E-state index in [9.17, 15) is 8.42 Å². The van der Waals surface area contributed by atoms with Crippen LogP contribution in [0.5, 0.6) is 0 Å². The second-order valence-electron chi connectivity index (χ2n) is 4.35. The molecule has 0 radical (unpaired) electrons. The average Bonchev–Trinajstić information content (AvgIpc) is 2.14. The van der Waals surface area contributed by atoms with Crippen molar-refractivity contribution in [3.8, 4) is 0 Å². The van der Waals surface area contributed by atoms with Crippen molar-refractivity contribution in [1.82, 2.24) is 0 Å². The van der Waals surface area contributed by atoms with Gasteiger partial charge in [-0.25, -0.2) is 8.42 Å². The third-order valence-corrected chi connectivity index (χ3v) is 4.75. The highest BCUT2D eigenvalue weighted by atomic mass is 32.2. The minimum atomic E-state index is -2.85. The van der Waals surface area contributed by atoms with Gasteiger partial charge in [-0.3, -0.25) is 0 Å². The Morgan fingerprint density at radius 2 is 2.07 bits per heavy atom. The normalized spacial score (nSPS) is 29.0. The van der Waals surface area contributed by atoms with E-state index in [4.69, 9.17) is 5.11 Å². The molecule has 0 aromatic rings. The van der Waals surface area contributed by atoms with E-state index < -0.39 is 9.84 Å². The van der Waals surface area contributed by atoms with Crippen molar-refractivity contribution < 1.29 is 13.5 Å². The first-order valence-electron chi connectivity index (χ1n) is 5.33. The molecule has 1 aliphatic rings. The molecule has 0 amide bonds. The molecule has 1 rings (SSSR count). The van der Waals surface area contributed by atoms with Crippen LogP contribution in [0.4, 0.5) is 0 Å². The molecule has 0 saturated heterocycles. The Bertz CT molecular complexity index is 259. The van der Waals surface area contributed by atoms with Crippen LogP contribution in [0.3, 0.4) is 0 Å². The first kappa shape index (κ1) is 12.0. The highest BCUT2D eigenvalue weighted by Crippen LogP contribution is 2.31. The van der Waals surface area contributed by atoms with Crippen LogP contribution in [0.15, 0.2) is 0 Å². The van der Waals surface area contributed by atoms with Crippen LogP contribution in [0.1, 0.15) is 38.5 Å². The van der Waals surface area contributed by atoms with Crippen molar-refractivity contribution in [3.63, 3.8) is 0 Å². The van der Waals surface area contributed by atoms with Gasteiger partial charge in [-0.2, -0.15) is 0 Å². The molecule has 0 aromatic carbocycles. The minimum Gasteiger partial charge on any atom is -0.396 e. The summed E-state index contributed by atoms with van der Waals surface area (Å²) in [7, 11) is -2.85. The Kier molecular flexibility index (Phi) is 4.38. The van der Waals surface area contributed by atoms with Gasteiger partial charge in [0.05, 0.1) is 5.25 Å². The lowest BCUT2D eigenvalue weighted by Crippen LogP contribution is -2.27. The summed E-state index contributed by atoms with van der Waals surface area (Å²) < 4.78 is 22.7. The zero-order chi connectivity index (χ0) is 10.6. The largest absolute Gasteiger partial charge is 0.396 e. The van der Waals surface area contributed by atoms with Crippen molar-refractivity contribution in [2.45, 2.75) is 43.8 Å². The number of aliphatic hydroxyl groups excluding tert-OH is 1. The van der Waals surface area contributed by atoms with E-state index in [0.717, 1.165) is 38.5 Å². The maximum Gasteiger partial charge on any atom is 0.150 e. The molecule has 1 N–H and O–H groups in total. The van der Waals surface area contributed by atoms with Crippen molar-refractivity contribution in [2.75, 3.05) is 12.9 Å². The Hall–Kier alpha value is -0.0900. The van der Waals surface area contributed by atoms with Crippen molar-refractivity contribution in [2.24, 2.45) is 5.92 Å². The summed E-state index contributed by atoms with van der Waals surface area (Å²) in [6, 6.07) is 0. The minimum absolute atomic E-state index is 0.125. The molecule has 4 heteroatoms. The standard InChI is InChI=1S/C10H20O3S/c1-14(12,13)10-6-2-4-9(8-10)5-3-7-11/h9-11H,2-8H2,1H3. The van der Waals surface area contributed by atoms with Gasteiger partial charge in [-0.15, -0.1) is 0 Å². The third kappa shape index (κ3) is 3.58. The summed E-state index contributed by atoms with van der Waals surface area (Å²) in [5.41, 5.74) is 0. The van der Waals surface area contributed by atoms with Gasteiger partial charge in [0, 0.05) is 12.9 Å². The quantitative estimate of drug-likeness (QED) is 0.778. The predicted octanol–water partition coefficient (Wildman–Crippen LogP) is 1.36. The van der Waals surface area contributed by atoms with Gasteiger partial charge >= 0.3 is 0 Å². The maximum absolute atomic E-state index is 11.4. The smallest absolute Gasteiger partial charge is 0.150 e. The highest BCUT2D eigenvalue weighted by molar-refractivity contribution is 7.91. The Morgan fingerprint density at radius 3 is 2.64 bits per heavy atom. The van der Waals surface area contributed by atoms with E-state index >= 15 is 0 Å². The van der Waals surface area contributed by atoms with Gasteiger partial charge in [0.15, 0.2) is 0 Å². The number of hydrogen-bond acceptors (Lipinski definition) is 3. The molecule has 2 atom stereocenters. The second kappa shape index (κ2) is 5.12. The molecule has 2 unspecified atom stereocenters. The highest BCUT2D eigenvalue weighted by Gasteiger charge is 2.28. The lowest BCUT2D eigenvalue weighted by Gasteiger charge is -2.27. The van der Waals surface area contributed by atoms with E-state index in [2.05, 4.69) is 0 Å². The van der Waals surface area contributed by atoms with Gasteiger partial charge in [0.25, 0.3) is 0 Å². The number of aliphatic hydroxyl groups is 1. The lowest BCUT2D eigenvalue weighted by atomic mass is 9.86. The van der Waals surface area contributed by atoms with Crippen LogP contribution in [0, 0.1) is 5.92 Å². The van der Waals surface area contributed by atoms with Crippen LogP contribution >= 0.6 is 0 Å². The van der Waals surface area contributed by atoms with E-state index in [-0.39, 0.29) is 11.9 Å². The summed E-state index contributed by atoms with van der Waals surface area (Å²) >= 11 is 0. The molecule has 0 aliphatic heterocycles. The first-order chi connectivity index (χ1) is 6.54. The fourth-order valence-corrected chi connectivity index (χ4v) is 3.49. The predicted molar refractivity (Wildman–Crippen MR) is 56.9 cm³/mol. The molecule has 1 saturated carbocycles. The summed E-state index contributed by atoms with van der Waals surface area (Å²) in [6.45, 7) is 0.222. The van der Waals surface area contributed by atoms with Gasteiger partial charge < -0.3 is 5.11 Å².